The second-order valence-electron chi connectivity index (χ2n) is 9.78. The fraction of sp³-hybridized carbons (Fsp3) is 0.393. The van der Waals surface area contributed by atoms with E-state index in [9.17, 15) is 23.9 Å². The van der Waals surface area contributed by atoms with Crippen LogP contribution in [0.5, 0.6) is 0 Å². The van der Waals surface area contributed by atoms with Gasteiger partial charge in [-0.05, 0) is 59.2 Å². The van der Waals surface area contributed by atoms with Crippen molar-refractivity contribution < 1.29 is 28.1 Å². The van der Waals surface area contributed by atoms with Gasteiger partial charge >= 0.3 is 0 Å². The molecule has 11 heteroatoms. The molecule has 39 heavy (non-hydrogen) atoms. The molecule has 0 spiro atoms. The molecular formula is C28H32N4O6S. The van der Waals surface area contributed by atoms with Gasteiger partial charge in [-0.1, -0.05) is 18.2 Å². The van der Waals surface area contributed by atoms with Gasteiger partial charge in [0.15, 0.2) is 4.91 Å². The van der Waals surface area contributed by atoms with Crippen molar-refractivity contribution in [2.45, 2.75) is 24.7 Å². The second kappa shape index (κ2) is 11.5. The zero-order valence-corrected chi connectivity index (χ0v) is 22.5. The zero-order valence-electron chi connectivity index (χ0n) is 21.7. The standard InChI is InChI=1S/C28H32N4O6S/c1-31-22(16-24(17-29)39(35,36)30-18-27-28(34)26(33)8-11-38-27)6-7-25(31)21-3-2-20-15-23(5-4-19(20)14-21)32-9-12-37-13-10-32/h2-7,14-16,26-28,30,33-34H,8-13,18H2,1H3/b24-16+/t26-,27-,28+/m1/s1. The number of aliphatic hydroxyl groups excluding tert-OH is 2. The Morgan fingerprint density at radius 2 is 1.85 bits per heavy atom. The monoisotopic (exact) mass is 552 g/mol. The van der Waals surface area contributed by atoms with Crippen LogP contribution in [-0.2, 0) is 26.5 Å². The van der Waals surface area contributed by atoms with E-state index >= 15 is 0 Å². The van der Waals surface area contributed by atoms with Crippen molar-refractivity contribution in [3.63, 3.8) is 0 Å². The van der Waals surface area contributed by atoms with Crippen LogP contribution in [0.4, 0.5) is 5.69 Å². The Bertz CT molecular complexity index is 1520. The largest absolute Gasteiger partial charge is 0.390 e. The van der Waals surface area contributed by atoms with Gasteiger partial charge in [0.05, 0.1) is 25.4 Å². The van der Waals surface area contributed by atoms with Crippen molar-refractivity contribution in [2.75, 3.05) is 44.4 Å². The predicted molar refractivity (Wildman–Crippen MR) is 148 cm³/mol. The summed E-state index contributed by atoms with van der Waals surface area (Å²) >= 11 is 0. The second-order valence-corrected chi connectivity index (χ2v) is 11.5. The van der Waals surface area contributed by atoms with Crippen molar-refractivity contribution in [1.82, 2.24) is 9.29 Å². The molecule has 3 aromatic rings. The minimum atomic E-state index is -4.17. The molecule has 3 atom stereocenters. The van der Waals surface area contributed by atoms with E-state index < -0.39 is 33.2 Å². The highest BCUT2D eigenvalue weighted by atomic mass is 32.2. The molecule has 0 saturated carbocycles. The third-order valence-electron chi connectivity index (χ3n) is 7.33. The number of benzene rings is 2. The van der Waals surface area contributed by atoms with Gasteiger partial charge in [-0.2, -0.15) is 5.26 Å². The van der Waals surface area contributed by atoms with Gasteiger partial charge in [0.25, 0.3) is 10.0 Å². The van der Waals surface area contributed by atoms with Crippen LogP contribution in [0.1, 0.15) is 12.1 Å². The highest BCUT2D eigenvalue weighted by Gasteiger charge is 2.32. The van der Waals surface area contributed by atoms with E-state index in [0.29, 0.717) is 5.69 Å². The smallest absolute Gasteiger partial charge is 0.250 e. The molecule has 2 aliphatic rings. The van der Waals surface area contributed by atoms with Gasteiger partial charge < -0.3 is 29.2 Å². The number of nitrogens with one attached hydrogen (secondary N) is 1. The summed E-state index contributed by atoms with van der Waals surface area (Å²) in [6.45, 7) is 3.16. The Balaban J connectivity index is 1.34. The summed E-state index contributed by atoms with van der Waals surface area (Å²) in [6.07, 6.45) is -1.50. The number of rotatable bonds is 7. The first kappa shape index (κ1) is 27.3. The lowest BCUT2D eigenvalue weighted by Gasteiger charge is -2.31. The summed E-state index contributed by atoms with van der Waals surface area (Å²) < 4.78 is 40.7. The fourth-order valence-corrected chi connectivity index (χ4v) is 5.92. The molecule has 3 N–H and O–H groups in total. The first-order valence-corrected chi connectivity index (χ1v) is 14.4. The van der Waals surface area contributed by atoms with Crippen LogP contribution in [-0.4, -0.2) is 81.0 Å². The van der Waals surface area contributed by atoms with Gasteiger partial charge in [0.1, 0.15) is 12.2 Å². The van der Waals surface area contributed by atoms with E-state index in [1.165, 1.54) is 11.8 Å². The van der Waals surface area contributed by atoms with E-state index in [-0.39, 0.29) is 19.6 Å². The summed E-state index contributed by atoms with van der Waals surface area (Å²) in [5, 5.41) is 31.7. The highest BCUT2D eigenvalue weighted by molar-refractivity contribution is 7.93. The van der Waals surface area contributed by atoms with Crippen LogP contribution in [0, 0.1) is 11.3 Å². The number of fused-ring (bicyclic) bond motifs is 1. The van der Waals surface area contributed by atoms with Crippen molar-refractivity contribution >= 4 is 32.6 Å². The van der Waals surface area contributed by atoms with Crippen LogP contribution in [0.15, 0.2) is 53.4 Å². The first-order valence-electron chi connectivity index (χ1n) is 12.9. The third-order valence-corrected chi connectivity index (χ3v) is 8.67. The number of hydrogen-bond acceptors (Lipinski definition) is 8. The molecule has 1 aromatic heterocycles. The maximum atomic E-state index is 12.9. The zero-order chi connectivity index (χ0) is 27.6. The molecule has 0 bridgehead atoms. The van der Waals surface area contributed by atoms with Crippen LogP contribution < -0.4 is 9.62 Å². The van der Waals surface area contributed by atoms with Crippen LogP contribution >= 0.6 is 0 Å². The van der Waals surface area contributed by atoms with Gasteiger partial charge in [0.2, 0.25) is 0 Å². The average molecular weight is 553 g/mol. The SMILES string of the molecule is Cn1c(/C=C(\C#N)S(=O)(=O)NC[C@H]2OCC[C@@H](O)[C@@H]2O)ccc1-c1ccc2cc(N3CCOCC3)ccc2c1. The lowest BCUT2D eigenvalue weighted by molar-refractivity contribution is -0.131. The maximum Gasteiger partial charge on any atom is 0.250 e. The lowest BCUT2D eigenvalue weighted by atomic mass is 10.0. The number of allylic oxidation sites excluding steroid dienone is 1. The van der Waals surface area contributed by atoms with Crippen molar-refractivity contribution in [3.8, 4) is 17.3 Å². The maximum absolute atomic E-state index is 12.9. The summed E-state index contributed by atoms with van der Waals surface area (Å²) in [5.74, 6) is 0. The number of sulfonamides is 1. The molecule has 0 radical (unpaired) electrons. The molecule has 10 nitrogen and oxygen atoms in total. The number of hydrogen-bond donors (Lipinski definition) is 3. The molecule has 2 saturated heterocycles. The summed E-state index contributed by atoms with van der Waals surface area (Å²) in [4.78, 5) is 1.85. The molecule has 206 valence electrons. The number of aliphatic hydroxyl groups is 2. The molecule has 2 aromatic carbocycles. The number of aromatic nitrogens is 1. The Labute approximate surface area is 227 Å². The molecule has 2 aliphatic heterocycles. The lowest BCUT2D eigenvalue weighted by Crippen LogP contribution is -2.49. The molecule has 0 amide bonds. The Kier molecular flexibility index (Phi) is 8.04. The van der Waals surface area contributed by atoms with Crippen LogP contribution in [0.25, 0.3) is 28.1 Å². The van der Waals surface area contributed by atoms with Crippen molar-refractivity contribution in [1.29, 1.82) is 5.26 Å². The molecule has 3 heterocycles. The number of nitrogens with zero attached hydrogens (tertiary/aromatic N) is 3. The van der Waals surface area contributed by atoms with Gasteiger partial charge in [-0.15, -0.1) is 0 Å². The molecular weight excluding hydrogens is 520 g/mol. The van der Waals surface area contributed by atoms with E-state index in [2.05, 4.69) is 40.0 Å². The minimum absolute atomic E-state index is 0.210. The highest BCUT2D eigenvalue weighted by Crippen LogP contribution is 2.29. The number of nitriles is 1. The van der Waals surface area contributed by atoms with Crippen molar-refractivity contribution in [2.24, 2.45) is 7.05 Å². The minimum Gasteiger partial charge on any atom is -0.390 e. The molecule has 0 aliphatic carbocycles. The van der Waals surface area contributed by atoms with E-state index in [1.54, 1.807) is 12.1 Å². The molecule has 2 fully saturated rings. The van der Waals surface area contributed by atoms with Crippen LogP contribution in [0.3, 0.4) is 0 Å². The fourth-order valence-electron chi connectivity index (χ4n) is 4.98. The van der Waals surface area contributed by atoms with E-state index in [0.717, 1.165) is 48.3 Å². The molecule has 0 unspecified atom stereocenters. The predicted octanol–water partition coefficient (Wildman–Crippen LogP) is 1.98. The Morgan fingerprint density at radius 3 is 2.62 bits per heavy atom. The normalized spacial score (nSPS) is 22.7. The number of morpholine rings is 1. The summed E-state index contributed by atoms with van der Waals surface area (Å²) in [5.41, 5.74) is 3.55. The number of ether oxygens (including phenoxy) is 2. The van der Waals surface area contributed by atoms with Gasteiger partial charge in [0, 0.05) is 50.4 Å². The van der Waals surface area contributed by atoms with Crippen LogP contribution in [0.2, 0.25) is 0 Å². The third kappa shape index (κ3) is 5.86. The molecule has 5 rings (SSSR count). The Morgan fingerprint density at radius 1 is 1.10 bits per heavy atom. The Hall–Kier alpha value is -3.24. The quantitative estimate of drug-likeness (QED) is 0.379. The summed E-state index contributed by atoms with van der Waals surface area (Å²) in [7, 11) is -2.36. The van der Waals surface area contributed by atoms with Crippen molar-refractivity contribution in [3.05, 3.63) is 59.1 Å². The summed E-state index contributed by atoms with van der Waals surface area (Å²) in [6, 6.07) is 18.0. The van der Waals surface area contributed by atoms with E-state index in [1.807, 2.05) is 23.7 Å². The van der Waals surface area contributed by atoms with E-state index in [4.69, 9.17) is 9.47 Å². The van der Waals surface area contributed by atoms with Gasteiger partial charge in [-0.3, -0.25) is 0 Å². The first-order chi connectivity index (χ1) is 18.8. The number of anilines is 1. The average Bonchev–Trinajstić information content (AvgIpc) is 3.32. The van der Waals surface area contributed by atoms with Gasteiger partial charge in [-0.25, -0.2) is 13.1 Å². The topological polar surface area (TPSA) is 137 Å².